The van der Waals surface area contributed by atoms with Gasteiger partial charge in [-0.05, 0) is 11.8 Å². The van der Waals surface area contributed by atoms with Crippen molar-refractivity contribution in [3.8, 4) is 0 Å². The zero-order valence-corrected chi connectivity index (χ0v) is 16.6. The third kappa shape index (κ3) is 5.27. The van der Waals surface area contributed by atoms with Crippen LogP contribution in [-0.4, -0.2) is 54.9 Å². The van der Waals surface area contributed by atoms with Gasteiger partial charge in [-0.2, -0.15) is 0 Å². The highest BCUT2D eigenvalue weighted by molar-refractivity contribution is 5.90. The molecule has 0 aromatic rings. The van der Waals surface area contributed by atoms with Crippen LogP contribution in [-0.2, 0) is 28.6 Å². The molecule has 0 radical (unpaired) electrons. The molecule has 7 nitrogen and oxygen atoms in total. The van der Waals surface area contributed by atoms with Crippen molar-refractivity contribution >= 4 is 17.7 Å². The molecule has 1 aliphatic rings. The Morgan fingerprint density at radius 3 is 2.19 bits per heavy atom. The molecule has 150 valence electrons. The van der Waals surface area contributed by atoms with E-state index in [4.69, 9.17) is 14.2 Å². The number of carbonyl (C=O) groups excluding carboxylic acids is 3. The summed E-state index contributed by atoms with van der Waals surface area (Å²) in [6.07, 6.45) is -1.61. The number of carbonyl (C=O) groups is 3. The Morgan fingerprint density at radius 1 is 1.15 bits per heavy atom. The van der Waals surface area contributed by atoms with Gasteiger partial charge in [0.15, 0.2) is 11.9 Å². The Morgan fingerprint density at radius 2 is 1.77 bits per heavy atom. The van der Waals surface area contributed by atoms with Gasteiger partial charge in [0.1, 0.15) is 12.2 Å². The molecule has 0 aromatic carbocycles. The quantitative estimate of drug-likeness (QED) is 0.648. The first kappa shape index (κ1) is 22.6. The second-order valence-electron chi connectivity index (χ2n) is 7.42. The maximum atomic E-state index is 12.9. The number of ether oxygens (including phenoxy) is 3. The summed E-state index contributed by atoms with van der Waals surface area (Å²) in [4.78, 5) is 36.8. The van der Waals surface area contributed by atoms with E-state index in [1.807, 2.05) is 27.7 Å². The van der Waals surface area contributed by atoms with Crippen LogP contribution in [0.1, 0.15) is 47.5 Å². The molecule has 0 aromatic heterocycles. The first-order chi connectivity index (χ1) is 12.2. The molecule has 0 saturated heterocycles. The summed E-state index contributed by atoms with van der Waals surface area (Å²) in [7, 11) is 1.41. The molecule has 6 atom stereocenters. The number of esters is 2. The number of methoxy groups -OCH3 is 1. The van der Waals surface area contributed by atoms with Gasteiger partial charge in [0, 0.05) is 26.4 Å². The van der Waals surface area contributed by atoms with Crippen LogP contribution in [0.2, 0.25) is 0 Å². The topological polar surface area (TPSA) is 99.1 Å². The lowest BCUT2D eigenvalue weighted by atomic mass is 9.70. The number of rotatable bonds is 8. The molecule has 0 spiro atoms. The van der Waals surface area contributed by atoms with Gasteiger partial charge < -0.3 is 19.3 Å². The fraction of sp³-hybridized carbons (Fsp3) is 0.842. The van der Waals surface area contributed by atoms with Crippen LogP contribution < -0.4 is 0 Å². The van der Waals surface area contributed by atoms with Crippen LogP contribution in [0.25, 0.3) is 0 Å². The van der Waals surface area contributed by atoms with Gasteiger partial charge in [0.05, 0.1) is 12.5 Å². The average molecular weight is 372 g/mol. The highest BCUT2D eigenvalue weighted by Crippen LogP contribution is 2.37. The smallest absolute Gasteiger partial charge is 0.306 e. The molecule has 26 heavy (non-hydrogen) atoms. The van der Waals surface area contributed by atoms with Crippen molar-refractivity contribution in [2.75, 3.05) is 13.7 Å². The highest BCUT2D eigenvalue weighted by atomic mass is 16.6. The third-order valence-electron chi connectivity index (χ3n) is 5.11. The van der Waals surface area contributed by atoms with E-state index >= 15 is 0 Å². The van der Waals surface area contributed by atoms with Crippen LogP contribution in [0, 0.1) is 23.7 Å². The molecule has 0 amide bonds. The van der Waals surface area contributed by atoms with E-state index in [-0.39, 0.29) is 24.0 Å². The predicted molar refractivity (Wildman–Crippen MR) is 94.2 cm³/mol. The van der Waals surface area contributed by atoms with Crippen LogP contribution in [0.4, 0.5) is 0 Å². The molecular weight excluding hydrogens is 340 g/mol. The monoisotopic (exact) mass is 372 g/mol. The van der Waals surface area contributed by atoms with E-state index in [9.17, 15) is 19.5 Å². The van der Waals surface area contributed by atoms with Crippen LogP contribution in [0.15, 0.2) is 0 Å². The standard InChI is InChI=1S/C19H32O7/c1-7-11(4)8-14(22)26-18-15(10(2)3)19(25-12(5)21)17(24-6)13(9-20)16(18)23/h10-11,13,15,17-20H,7-9H2,1-6H3/t11-,13+,15-,17+,18-,19-/m1/s1. The molecular formula is C19H32O7. The molecule has 0 bridgehead atoms. The molecule has 1 N–H and O–H groups in total. The second kappa shape index (κ2) is 10.0. The first-order valence-electron chi connectivity index (χ1n) is 9.21. The van der Waals surface area contributed by atoms with Crippen LogP contribution in [0.3, 0.4) is 0 Å². The minimum absolute atomic E-state index is 0.109. The van der Waals surface area contributed by atoms with Gasteiger partial charge in [-0.3, -0.25) is 14.4 Å². The number of Topliss-reactive ketones (excluding diaryl/α,β-unsaturated/α-hetero) is 1. The summed E-state index contributed by atoms with van der Waals surface area (Å²) in [6, 6.07) is 0. The lowest BCUT2D eigenvalue weighted by Crippen LogP contribution is -2.61. The third-order valence-corrected chi connectivity index (χ3v) is 5.11. The van der Waals surface area contributed by atoms with E-state index in [0.29, 0.717) is 0 Å². The predicted octanol–water partition coefficient (Wildman–Crippen LogP) is 1.74. The Bertz CT molecular complexity index is 502. The zero-order chi connectivity index (χ0) is 20.0. The first-order valence-corrected chi connectivity index (χ1v) is 9.21. The lowest BCUT2D eigenvalue weighted by Gasteiger charge is -2.45. The van der Waals surface area contributed by atoms with Crippen molar-refractivity contribution in [3.63, 3.8) is 0 Å². The van der Waals surface area contributed by atoms with Crippen molar-refractivity contribution in [2.45, 2.75) is 65.8 Å². The molecule has 7 heteroatoms. The molecule has 0 aliphatic heterocycles. The normalized spacial score (nSPS) is 30.2. The SMILES string of the molecule is CC[C@@H](C)CC(=O)O[C@H]1C(=O)[C@H](CO)[C@H](OC)[C@H](OC(C)=O)[C@@H]1C(C)C. The lowest BCUT2D eigenvalue weighted by molar-refractivity contribution is -0.199. The van der Waals surface area contributed by atoms with Crippen molar-refractivity contribution in [2.24, 2.45) is 23.7 Å². The molecule has 1 fully saturated rings. The van der Waals surface area contributed by atoms with Crippen molar-refractivity contribution in [1.82, 2.24) is 0 Å². The minimum atomic E-state index is -1.07. The van der Waals surface area contributed by atoms with Gasteiger partial charge >= 0.3 is 11.9 Å². The molecule has 1 rings (SSSR count). The Labute approximate surface area is 155 Å². The number of aliphatic hydroxyl groups excluding tert-OH is 1. The average Bonchev–Trinajstić information content (AvgIpc) is 2.56. The summed E-state index contributed by atoms with van der Waals surface area (Å²) < 4.78 is 16.4. The Balaban J connectivity index is 3.19. The van der Waals surface area contributed by atoms with Gasteiger partial charge in [0.2, 0.25) is 0 Å². The maximum Gasteiger partial charge on any atom is 0.306 e. The number of hydrogen-bond donors (Lipinski definition) is 1. The van der Waals surface area contributed by atoms with E-state index in [1.165, 1.54) is 14.0 Å². The number of aliphatic hydroxyl groups is 1. The van der Waals surface area contributed by atoms with Gasteiger partial charge in [-0.25, -0.2) is 0 Å². The molecule has 1 aliphatic carbocycles. The Kier molecular flexibility index (Phi) is 8.70. The minimum Gasteiger partial charge on any atom is -0.459 e. The zero-order valence-electron chi connectivity index (χ0n) is 16.6. The fourth-order valence-electron chi connectivity index (χ4n) is 3.50. The summed E-state index contributed by atoms with van der Waals surface area (Å²) in [5, 5.41) is 9.69. The van der Waals surface area contributed by atoms with Crippen molar-refractivity contribution in [3.05, 3.63) is 0 Å². The highest BCUT2D eigenvalue weighted by Gasteiger charge is 2.54. The van der Waals surface area contributed by atoms with E-state index < -0.39 is 48.7 Å². The fourth-order valence-corrected chi connectivity index (χ4v) is 3.50. The van der Waals surface area contributed by atoms with Crippen molar-refractivity contribution < 1.29 is 33.7 Å². The summed E-state index contributed by atoms with van der Waals surface area (Å²) in [6.45, 7) is 8.45. The molecule has 0 heterocycles. The summed E-state index contributed by atoms with van der Waals surface area (Å²) in [5.74, 6) is -2.79. The number of ketones is 1. The van der Waals surface area contributed by atoms with Gasteiger partial charge in [-0.1, -0.05) is 34.1 Å². The van der Waals surface area contributed by atoms with Crippen LogP contribution >= 0.6 is 0 Å². The van der Waals surface area contributed by atoms with E-state index in [2.05, 4.69) is 0 Å². The number of hydrogen-bond acceptors (Lipinski definition) is 7. The maximum absolute atomic E-state index is 12.9. The Hall–Kier alpha value is -1.47. The second-order valence-corrected chi connectivity index (χ2v) is 7.42. The largest absolute Gasteiger partial charge is 0.459 e. The van der Waals surface area contributed by atoms with Crippen LogP contribution in [0.5, 0.6) is 0 Å². The molecule has 1 saturated carbocycles. The van der Waals surface area contributed by atoms with Gasteiger partial charge in [-0.15, -0.1) is 0 Å². The van der Waals surface area contributed by atoms with E-state index in [1.54, 1.807) is 0 Å². The van der Waals surface area contributed by atoms with Gasteiger partial charge in [0.25, 0.3) is 0 Å². The summed E-state index contributed by atoms with van der Waals surface area (Å²) in [5.41, 5.74) is 0. The summed E-state index contributed by atoms with van der Waals surface area (Å²) >= 11 is 0. The van der Waals surface area contributed by atoms with E-state index in [0.717, 1.165) is 6.42 Å². The molecule has 0 unspecified atom stereocenters. The van der Waals surface area contributed by atoms with Crippen molar-refractivity contribution in [1.29, 1.82) is 0 Å².